The van der Waals surface area contributed by atoms with Gasteiger partial charge in [0.15, 0.2) is 0 Å². The minimum Gasteiger partial charge on any atom is -0.381 e. The molecule has 50 heavy (non-hydrogen) atoms. The highest BCUT2D eigenvalue weighted by Crippen LogP contribution is 2.39. The molecular formula is C38H37ClN6O5. The summed E-state index contributed by atoms with van der Waals surface area (Å²) in [4.78, 5) is 66.0. The van der Waals surface area contributed by atoms with E-state index in [9.17, 15) is 19.2 Å². The highest BCUT2D eigenvalue weighted by molar-refractivity contribution is 6.33. The van der Waals surface area contributed by atoms with Crippen LogP contribution in [-0.4, -0.2) is 75.7 Å². The van der Waals surface area contributed by atoms with Gasteiger partial charge >= 0.3 is 0 Å². The average Bonchev–Trinajstić information content (AvgIpc) is 3.52. The summed E-state index contributed by atoms with van der Waals surface area (Å²) in [6.45, 7) is 4.99. The van der Waals surface area contributed by atoms with Crippen LogP contribution in [0.1, 0.15) is 81.4 Å². The smallest absolute Gasteiger partial charge is 0.261 e. The van der Waals surface area contributed by atoms with Crippen molar-refractivity contribution in [2.75, 3.05) is 31.6 Å². The molecule has 4 aromatic rings. The number of nitrogens with one attached hydrogen (secondary N) is 2. The van der Waals surface area contributed by atoms with Crippen molar-refractivity contribution < 1.29 is 23.9 Å². The Labute approximate surface area is 295 Å². The van der Waals surface area contributed by atoms with Gasteiger partial charge in [-0.3, -0.25) is 24.1 Å². The number of benzene rings is 3. The first-order chi connectivity index (χ1) is 24.1. The molecule has 3 aliphatic heterocycles. The zero-order valence-electron chi connectivity index (χ0n) is 27.8. The van der Waals surface area contributed by atoms with E-state index in [0.717, 1.165) is 18.4 Å². The molecule has 0 aliphatic carbocycles. The second kappa shape index (κ2) is 13.6. The molecule has 7 rings (SSSR count). The first-order valence-electron chi connectivity index (χ1n) is 16.7. The van der Waals surface area contributed by atoms with E-state index in [1.54, 1.807) is 30.3 Å². The Morgan fingerprint density at radius 1 is 0.920 bits per heavy atom. The largest absolute Gasteiger partial charge is 0.381 e. The van der Waals surface area contributed by atoms with Gasteiger partial charge in [0.05, 0.1) is 39.6 Å². The van der Waals surface area contributed by atoms with Crippen LogP contribution in [0.4, 0.5) is 5.95 Å². The molecule has 11 nitrogen and oxygen atoms in total. The molecule has 4 heterocycles. The van der Waals surface area contributed by atoms with Gasteiger partial charge < -0.3 is 20.3 Å². The molecule has 1 aromatic heterocycles. The maximum Gasteiger partial charge on any atom is 0.261 e. The normalized spacial score (nSPS) is 17.6. The van der Waals surface area contributed by atoms with Gasteiger partial charge in [-0.1, -0.05) is 66.2 Å². The lowest BCUT2D eigenvalue weighted by Crippen LogP contribution is -2.47. The number of imide groups is 1. The summed E-state index contributed by atoms with van der Waals surface area (Å²) >= 11 is 6.60. The van der Waals surface area contributed by atoms with Crippen LogP contribution in [0.2, 0.25) is 5.02 Å². The first-order valence-corrected chi connectivity index (χ1v) is 17.1. The zero-order valence-corrected chi connectivity index (χ0v) is 28.6. The van der Waals surface area contributed by atoms with Crippen molar-refractivity contribution in [3.63, 3.8) is 0 Å². The molecule has 256 valence electrons. The van der Waals surface area contributed by atoms with Crippen molar-refractivity contribution >= 4 is 41.2 Å². The molecular weight excluding hydrogens is 656 g/mol. The third kappa shape index (κ3) is 6.46. The van der Waals surface area contributed by atoms with Gasteiger partial charge in [-0.25, -0.2) is 9.97 Å². The van der Waals surface area contributed by atoms with Crippen LogP contribution in [0.5, 0.6) is 0 Å². The molecule has 3 aliphatic rings. The van der Waals surface area contributed by atoms with Crippen molar-refractivity contribution in [1.29, 1.82) is 0 Å². The SMILES string of the molecule is CC(C)(NC(=O)CN1C(=O)c2cc(-c3nc(NC4CCOCC4)ncc3Cl)ccc2C1CCN1C(=O)c2ccccc2C1=O)c1ccccc1. The van der Waals surface area contributed by atoms with Crippen LogP contribution in [0.25, 0.3) is 11.3 Å². The Morgan fingerprint density at radius 3 is 2.30 bits per heavy atom. The summed E-state index contributed by atoms with van der Waals surface area (Å²) in [6.07, 6.45) is 3.45. The number of hydrogen-bond donors (Lipinski definition) is 2. The molecule has 2 N–H and O–H groups in total. The fourth-order valence-electron chi connectivity index (χ4n) is 6.96. The molecule has 0 bridgehead atoms. The number of anilines is 1. The molecule has 1 saturated heterocycles. The summed E-state index contributed by atoms with van der Waals surface area (Å²) in [5, 5.41) is 6.76. The summed E-state index contributed by atoms with van der Waals surface area (Å²) in [6, 6.07) is 21.3. The zero-order chi connectivity index (χ0) is 35.0. The molecule has 1 unspecified atom stereocenters. The molecule has 0 spiro atoms. The third-order valence-corrected chi connectivity index (χ3v) is 9.89. The van der Waals surface area contributed by atoms with Crippen molar-refractivity contribution in [2.24, 2.45) is 0 Å². The van der Waals surface area contributed by atoms with Gasteiger partial charge in [0.2, 0.25) is 11.9 Å². The minimum absolute atomic E-state index is 0.0675. The standard InChI is InChI=1S/C38H37ClN6O5/c1-38(2,24-8-4-3-5-9-24)43-32(46)22-45-31(14-17-44-34(47)27-10-6-7-11-28(27)35(44)48)26-13-12-23(20-29(26)36(45)49)33-30(39)21-40-37(42-33)41-25-15-18-50-19-16-25/h3-13,20-21,25,31H,14-19,22H2,1-2H3,(H,43,46)(H,40,41,42). The van der Waals surface area contributed by atoms with Gasteiger partial charge in [-0.05, 0) is 62.4 Å². The van der Waals surface area contributed by atoms with Crippen LogP contribution in [0.3, 0.4) is 0 Å². The van der Waals surface area contributed by atoms with E-state index in [0.29, 0.717) is 57.7 Å². The number of ether oxygens (including phenoxy) is 1. The van der Waals surface area contributed by atoms with Crippen molar-refractivity contribution in [1.82, 2.24) is 25.1 Å². The molecule has 0 radical (unpaired) electrons. The highest BCUT2D eigenvalue weighted by atomic mass is 35.5. The van der Waals surface area contributed by atoms with Gasteiger partial charge in [0.1, 0.15) is 6.54 Å². The van der Waals surface area contributed by atoms with Gasteiger partial charge in [-0.15, -0.1) is 0 Å². The molecule has 3 aromatic carbocycles. The van der Waals surface area contributed by atoms with Crippen LogP contribution < -0.4 is 10.6 Å². The van der Waals surface area contributed by atoms with Crippen LogP contribution in [0, 0.1) is 0 Å². The minimum atomic E-state index is -0.697. The Kier molecular flexibility index (Phi) is 9.11. The van der Waals surface area contributed by atoms with Crippen LogP contribution in [-0.2, 0) is 15.1 Å². The highest BCUT2D eigenvalue weighted by Gasteiger charge is 2.41. The number of carbonyl (C=O) groups is 4. The number of fused-ring (bicyclic) bond motifs is 2. The molecule has 1 fully saturated rings. The summed E-state index contributed by atoms with van der Waals surface area (Å²) in [5.41, 5.74) is 3.12. The second-order valence-corrected chi connectivity index (χ2v) is 13.7. The molecule has 4 amide bonds. The fourth-order valence-corrected chi connectivity index (χ4v) is 7.16. The predicted molar refractivity (Wildman–Crippen MR) is 188 cm³/mol. The lowest BCUT2D eigenvalue weighted by Gasteiger charge is -2.30. The molecule has 0 saturated carbocycles. The number of aromatic nitrogens is 2. The summed E-state index contributed by atoms with van der Waals surface area (Å²) in [5.74, 6) is -0.992. The molecule has 12 heteroatoms. The van der Waals surface area contributed by atoms with E-state index in [1.165, 1.54) is 16.0 Å². The van der Waals surface area contributed by atoms with E-state index < -0.39 is 11.6 Å². The summed E-state index contributed by atoms with van der Waals surface area (Å²) < 4.78 is 5.46. The first kappa shape index (κ1) is 33.4. The fraction of sp³-hybridized carbons (Fsp3) is 0.316. The van der Waals surface area contributed by atoms with E-state index in [2.05, 4.69) is 15.6 Å². The summed E-state index contributed by atoms with van der Waals surface area (Å²) in [7, 11) is 0. The van der Waals surface area contributed by atoms with Gasteiger partial charge in [0.25, 0.3) is 17.7 Å². The number of nitrogens with zero attached hydrogens (tertiary/aromatic N) is 4. The lowest BCUT2D eigenvalue weighted by molar-refractivity contribution is -0.123. The van der Waals surface area contributed by atoms with Crippen molar-refractivity contribution in [2.45, 2.75) is 50.7 Å². The lowest BCUT2D eigenvalue weighted by atomic mass is 9.94. The van der Waals surface area contributed by atoms with E-state index in [4.69, 9.17) is 21.3 Å². The van der Waals surface area contributed by atoms with E-state index >= 15 is 0 Å². The Balaban J connectivity index is 1.17. The van der Waals surface area contributed by atoms with E-state index in [1.807, 2.05) is 56.3 Å². The number of halogens is 1. The van der Waals surface area contributed by atoms with Crippen molar-refractivity contribution in [3.05, 3.63) is 112 Å². The number of amides is 4. The monoisotopic (exact) mass is 692 g/mol. The van der Waals surface area contributed by atoms with Crippen LogP contribution in [0.15, 0.2) is 79.0 Å². The Bertz CT molecular complexity index is 1940. The van der Waals surface area contributed by atoms with Crippen LogP contribution >= 0.6 is 11.6 Å². The number of rotatable bonds is 10. The Morgan fingerprint density at radius 2 is 1.60 bits per heavy atom. The maximum atomic E-state index is 14.2. The molecule has 1 atom stereocenters. The average molecular weight is 693 g/mol. The van der Waals surface area contributed by atoms with Gasteiger partial charge in [-0.2, -0.15) is 0 Å². The predicted octanol–water partition coefficient (Wildman–Crippen LogP) is 5.62. The number of carbonyl (C=O) groups excluding carboxylic acids is 4. The number of hydrogen-bond acceptors (Lipinski definition) is 8. The maximum absolute atomic E-state index is 14.2. The quantitative estimate of drug-likeness (QED) is 0.205. The Hall–Kier alpha value is -5.13. The topological polar surface area (TPSA) is 134 Å². The van der Waals surface area contributed by atoms with Gasteiger partial charge in [0, 0.05) is 36.9 Å². The van der Waals surface area contributed by atoms with Crippen molar-refractivity contribution in [3.8, 4) is 11.3 Å². The van der Waals surface area contributed by atoms with E-state index in [-0.39, 0.29) is 49.2 Å². The third-order valence-electron chi connectivity index (χ3n) is 9.62. The second-order valence-electron chi connectivity index (χ2n) is 13.3.